The molecule has 9 nitrogen and oxygen atoms in total. The summed E-state index contributed by atoms with van der Waals surface area (Å²) < 4.78 is 18.7. The summed E-state index contributed by atoms with van der Waals surface area (Å²) >= 11 is 12.2. The molecule has 0 bridgehead atoms. The maximum absolute atomic E-state index is 13.6. The second-order valence-electron chi connectivity index (χ2n) is 14.5. The van der Waals surface area contributed by atoms with Gasteiger partial charge in [0.15, 0.2) is 17.6 Å². The van der Waals surface area contributed by atoms with E-state index in [1.807, 2.05) is 97.1 Å². The minimum atomic E-state index is -0.254. The number of carbonyl (C=O) groups excluding carboxylic acids is 1. The highest BCUT2D eigenvalue weighted by molar-refractivity contribution is 6.42. The number of nitriles is 1. The van der Waals surface area contributed by atoms with Crippen molar-refractivity contribution >= 4 is 35.6 Å². The molecule has 0 fully saturated rings. The first kappa shape index (κ1) is 44.2. The molecule has 0 aliphatic carbocycles. The number of benzene rings is 6. The topological polar surface area (TPSA) is 121 Å². The second-order valence-corrected chi connectivity index (χ2v) is 15.3. The first-order chi connectivity index (χ1) is 29.8. The van der Waals surface area contributed by atoms with Crippen LogP contribution >= 0.6 is 23.2 Å². The van der Waals surface area contributed by atoms with E-state index >= 15 is 0 Å². The molecule has 0 spiro atoms. The van der Waals surface area contributed by atoms with Crippen molar-refractivity contribution < 1.29 is 28.9 Å². The zero-order chi connectivity index (χ0) is 43.0. The summed E-state index contributed by atoms with van der Waals surface area (Å²) in [6.45, 7) is 4.71. The van der Waals surface area contributed by atoms with E-state index in [0.29, 0.717) is 54.1 Å². The van der Waals surface area contributed by atoms with Crippen LogP contribution in [0.5, 0.6) is 17.2 Å². The predicted molar refractivity (Wildman–Crippen MR) is 239 cm³/mol. The Morgan fingerprint density at radius 1 is 0.852 bits per heavy atom. The molecule has 6 aromatic rings. The SMILES string of the molecule is CCCN1Cc2cc3c(cc2CC1C(=O)NCCc1ccc(-c2ccc(C#N)cc2)cc1)OCC(c1ccc(OCc2ccc(Cl)c(Cl)c2)cc1)O3.O=CO.c1ccccc1. The summed E-state index contributed by atoms with van der Waals surface area (Å²) in [6.07, 6.45) is 2.05. The van der Waals surface area contributed by atoms with Gasteiger partial charge in [-0.1, -0.05) is 121 Å². The van der Waals surface area contributed by atoms with Gasteiger partial charge >= 0.3 is 0 Å². The normalized spacial score (nSPS) is 15.0. The Kier molecular flexibility index (Phi) is 16.2. The Hall–Kier alpha value is -6.31. The molecule has 11 heteroatoms. The molecule has 2 N–H and O–H groups in total. The second kappa shape index (κ2) is 22.3. The summed E-state index contributed by atoms with van der Waals surface area (Å²) in [6, 6.07) is 47.3. The fraction of sp³-hybridized carbons (Fsp3) is 0.220. The van der Waals surface area contributed by atoms with Gasteiger partial charge in [0.25, 0.3) is 6.47 Å². The van der Waals surface area contributed by atoms with Gasteiger partial charge in [0.1, 0.15) is 19.0 Å². The van der Waals surface area contributed by atoms with Gasteiger partial charge in [-0.3, -0.25) is 14.5 Å². The number of rotatable bonds is 11. The Bertz CT molecular complexity index is 2360. The smallest absolute Gasteiger partial charge is 0.290 e. The third-order valence-electron chi connectivity index (χ3n) is 10.3. The number of nitrogens with zero attached hydrogens (tertiary/aromatic N) is 2. The molecule has 2 atom stereocenters. The number of hydrogen-bond donors (Lipinski definition) is 2. The summed E-state index contributed by atoms with van der Waals surface area (Å²) in [4.78, 5) is 24.2. The largest absolute Gasteiger partial charge is 0.489 e. The molecular formula is C50H47Cl2N3O6. The van der Waals surface area contributed by atoms with Gasteiger partial charge in [-0.2, -0.15) is 5.26 Å². The number of amides is 1. The molecule has 2 heterocycles. The molecule has 0 saturated heterocycles. The number of fused-ring (bicyclic) bond motifs is 2. The number of hydrogen-bond acceptors (Lipinski definition) is 7. The van der Waals surface area contributed by atoms with Crippen LogP contribution in [0.1, 0.15) is 52.8 Å². The van der Waals surface area contributed by atoms with Crippen LogP contribution in [0, 0.1) is 11.3 Å². The maximum Gasteiger partial charge on any atom is 0.290 e. The fourth-order valence-corrected chi connectivity index (χ4v) is 7.48. The van der Waals surface area contributed by atoms with Gasteiger partial charge in [-0.25, -0.2) is 0 Å². The standard InChI is InChI=1S/C43H39Cl2N3O4.C6H6.CH2O2/c1-2-19-48-25-35-23-41-40(51-27-42(52-41)33-12-14-36(15-13-33)50-26-30-7-16-37(44)38(45)20-30)22-34(35)21-39(48)43(49)47-18-17-28-3-8-31(9-4-28)32-10-5-29(24-46)6-11-32;1-2-4-6-5-3-1;2-1-3/h3-16,20,22-23,39,42H,2,17-19,21,25-27H2,1H3,(H,47,49);1-6H;1H,(H,2,3). The molecule has 312 valence electrons. The van der Waals surface area contributed by atoms with Crippen molar-refractivity contribution in [1.82, 2.24) is 10.2 Å². The first-order valence-corrected chi connectivity index (χ1v) is 20.8. The molecule has 0 aromatic heterocycles. The third-order valence-corrected chi connectivity index (χ3v) is 11.0. The van der Waals surface area contributed by atoms with Crippen LogP contribution in [0.4, 0.5) is 0 Å². The van der Waals surface area contributed by atoms with Crippen LogP contribution in [-0.4, -0.2) is 48.1 Å². The number of carbonyl (C=O) groups is 2. The molecule has 8 rings (SSSR count). The van der Waals surface area contributed by atoms with Crippen LogP contribution in [0.3, 0.4) is 0 Å². The average Bonchev–Trinajstić information content (AvgIpc) is 3.30. The average molecular weight is 857 g/mol. The maximum atomic E-state index is 13.6. The molecule has 1 amide bonds. The Labute approximate surface area is 367 Å². The van der Waals surface area contributed by atoms with Crippen LogP contribution in [-0.2, 0) is 35.6 Å². The zero-order valence-corrected chi connectivity index (χ0v) is 35.3. The lowest BCUT2D eigenvalue weighted by Gasteiger charge is -2.37. The lowest BCUT2D eigenvalue weighted by Crippen LogP contribution is -2.50. The third kappa shape index (κ3) is 12.4. The van der Waals surface area contributed by atoms with Crippen molar-refractivity contribution in [2.75, 3.05) is 19.7 Å². The van der Waals surface area contributed by atoms with E-state index in [1.165, 1.54) is 0 Å². The van der Waals surface area contributed by atoms with Crippen LogP contribution in [0.15, 0.2) is 140 Å². The van der Waals surface area contributed by atoms with Crippen molar-refractivity contribution in [3.63, 3.8) is 0 Å². The molecule has 61 heavy (non-hydrogen) atoms. The molecular weight excluding hydrogens is 809 g/mol. The quantitative estimate of drug-likeness (QED) is 0.124. The van der Waals surface area contributed by atoms with Crippen molar-refractivity contribution in [1.29, 1.82) is 5.26 Å². The monoisotopic (exact) mass is 855 g/mol. The first-order valence-electron chi connectivity index (χ1n) is 20.1. The van der Waals surface area contributed by atoms with Gasteiger partial charge in [0, 0.05) is 13.1 Å². The molecule has 0 saturated carbocycles. The highest BCUT2D eigenvalue weighted by Crippen LogP contribution is 2.41. The zero-order valence-electron chi connectivity index (χ0n) is 33.8. The molecule has 0 radical (unpaired) electrons. The minimum absolute atomic E-state index is 0.0487. The Balaban J connectivity index is 0.000000621. The lowest BCUT2D eigenvalue weighted by atomic mass is 9.92. The van der Waals surface area contributed by atoms with E-state index in [-0.39, 0.29) is 24.5 Å². The minimum Gasteiger partial charge on any atom is -0.489 e. The van der Waals surface area contributed by atoms with Crippen LogP contribution in [0.2, 0.25) is 10.0 Å². The molecule has 2 unspecified atom stereocenters. The van der Waals surface area contributed by atoms with E-state index in [4.69, 9.17) is 52.6 Å². The molecule has 6 aromatic carbocycles. The van der Waals surface area contributed by atoms with Gasteiger partial charge in [-0.15, -0.1) is 0 Å². The van der Waals surface area contributed by atoms with E-state index in [2.05, 4.69) is 59.6 Å². The number of halogens is 2. The van der Waals surface area contributed by atoms with E-state index in [0.717, 1.165) is 69.8 Å². The van der Waals surface area contributed by atoms with Crippen molar-refractivity contribution in [2.45, 2.75) is 51.5 Å². The van der Waals surface area contributed by atoms with Gasteiger partial charge in [0.2, 0.25) is 5.91 Å². The number of ether oxygens (including phenoxy) is 3. The fourth-order valence-electron chi connectivity index (χ4n) is 7.16. The Morgan fingerprint density at radius 3 is 2.10 bits per heavy atom. The molecule has 2 aliphatic rings. The molecule has 2 aliphatic heterocycles. The predicted octanol–water partition coefficient (Wildman–Crippen LogP) is 10.5. The highest BCUT2D eigenvalue weighted by Gasteiger charge is 2.33. The summed E-state index contributed by atoms with van der Waals surface area (Å²) in [5.74, 6) is 2.22. The van der Waals surface area contributed by atoms with Crippen molar-refractivity contribution in [3.8, 4) is 34.4 Å². The number of carboxylic acid groups (broad SMARTS) is 1. The van der Waals surface area contributed by atoms with Crippen molar-refractivity contribution in [2.24, 2.45) is 0 Å². The van der Waals surface area contributed by atoms with E-state index < -0.39 is 0 Å². The summed E-state index contributed by atoms with van der Waals surface area (Å²) in [5.41, 5.74) is 8.18. The van der Waals surface area contributed by atoms with Gasteiger partial charge < -0.3 is 24.6 Å². The van der Waals surface area contributed by atoms with E-state index in [1.54, 1.807) is 6.07 Å². The van der Waals surface area contributed by atoms with Crippen LogP contribution in [0.25, 0.3) is 11.1 Å². The van der Waals surface area contributed by atoms with Crippen molar-refractivity contribution in [3.05, 3.63) is 183 Å². The van der Waals surface area contributed by atoms with E-state index in [9.17, 15) is 4.79 Å². The Morgan fingerprint density at radius 2 is 1.48 bits per heavy atom. The lowest BCUT2D eigenvalue weighted by molar-refractivity contribution is -0.127. The van der Waals surface area contributed by atoms with Gasteiger partial charge in [-0.05, 0) is 113 Å². The number of nitrogens with one attached hydrogen (secondary N) is 1. The summed E-state index contributed by atoms with van der Waals surface area (Å²) in [7, 11) is 0. The highest BCUT2D eigenvalue weighted by atomic mass is 35.5. The van der Waals surface area contributed by atoms with Gasteiger partial charge in [0.05, 0.1) is 27.7 Å². The van der Waals surface area contributed by atoms with Crippen LogP contribution < -0.4 is 19.5 Å². The summed E-state index contributed by atoms with van der Waals surface area (Å²) in [5, 5.41) is 20.2.